The minimum Gasteiger partial charge on any atom is -0.375 e. The Morgan fingerprint density at radius 3 is 2.55 bits per heavy atom. The fourth-order valence-corrected chi connectivity index (χ4v) is 3.23. The molecule has 3 rings (SSSR count). The van der Waals surface area contributed by atoms with Gasteiger partial charge in [0.1, 0.15) is 0 Å². The molecule has 1 saturated heterocycles. The van der Waals surface area contributed by atoms with Gasteiger partial charge in [-0.1, -0.05) is 6.07 Å². The van der Waals surface area contributed by atoms with E-state index in [9.17, 15) is 8.78 Å². The minimum absolute atomic E-state index is 0. The summed E-state index contributed by atoms with van der Waals surface area (Å²) in [6.07, 6.45) is 1.79. The summed E-state index contributed by atoms with van der Waals surface area (Å²) < 4.78 is 27.1. The Hall–Kier alpha value is -1.44. The van der Waals surface area contributed by atoms with Gasteiger partial charge in [0.05, 0.1) is 5.69 Å². The first kappa shape index (κ1) is 16.9. The van der Waals surface area contributed by atoms with Gasteiger partial charge in [0.25, 0.3) is 0 Å². The second-order valence-corrected chi connectivity index (χ2v) is 6.15. The molecule has 1 aromatic carbocycles. The van der Waals surface area contributed by atoms with Gasteiger partial charge in [-0.15, -0.1) is 23.7 Å². The lowest BCUT2D eigenvalue weighted by molar-refractivity contribution is 0.251. The first-order valence-corrected chi connectivity index (χ1v) is 7.56. The second-order valence-electron chi connectivity index (χ2n) is 5.00. The van der Waals surface area contributed by atoms with E-state index in [1.54, 1.807) is 18.3 Å². The number of piperazine rings is 1. The van der Waals surface area contributed by atoms with Crippen LogP contribution < -0.4 is 10.6 Å². The highest BCUT2D eigenvalue weighted by atomic mass is 35.5. The Labute approximate surface area is 138 Å². The molecule has 0 aliphatic carbocycles. The smallest absolute Gasteiger partial charge is 0.182 e. The summed E-state index contributed by atoms with van der Waals surface area (Å²) in [6, 6.07) is 4.31. The van der Waals surface area contributed by atoms with Crippen molar-refractivity contribution in [3.8, 4) is 0 Å². The van der Waals surface area contributed by atoms with E-state index >= 15 is 0 Å². The lowest BCUT2D eigenvalue weighted by atomic mass is 10.2. The molecule has 22 heavy (non-hydrogen) atoms. The third-order valence-electron chi connectivity index (χ3n) is 3.60. The maximum Gasteiger partial charge on any atom is 0.182 e. The Morgan fingerprint density at radius 1 is 1.18 bits per heavy atom. The molecule has 1 aliphatic heterocycles. The largest absolute Gasteiger partial charge is 0.375 e. The molecule has 0 amide bonds. The van der Waals surface area contributed by atoms with Crippen molar-refractivity contribution in [2.24, 2.45) is 0 Å². The van der Waals surface area contributed by atoms with Crippen molar-refractivity contribution in [3.05, 3.63) is 40.9 Å². The van der Waals surface area contributed by atoms with Crippen LogP contribution in [0.3, 0.4) is 0 Å². The molecule has 0 bridgehead atoms. The number of anilines is 2. The summed E-state index contributed by atoms with van der Waals surface area (Å²) in [5, 5.41) is 0.575. The van der Waals surface area contributed by atoms with Gasteiger partial charge in [0, 0.05) is 43.8 Å². The van der Waals surface area contributed by atoms with Crippen LogP contribution in [-0.2, 0) is 6.54 Å². The quantitative estimate of drug-likeness (QED) is 0.928. The molecule has 2 heterocycles. The zero-order valence-electron chi connectivity index (χ0n) is 11.8. The molecular weight excluding hydrogens is 330 g/mol. The maximum absolute atomic E-state index is 13.8. The molecule has 4 nitrogen and oxygen atoms in total. The van der Waals surface area contributed by atoms with E-state index in [-0.39, 0.29) is 12.4 Å². The predicted octanol–water partition coefficient (Wildman–Crippen LogP) is 2.75. The molecule has 0 atom stereocenters. The molecule has 2 aromatic rings. The SMILES string of the molecule is Cl.Nc1ncc(CN2CCN(c3cccc(F)c3F)CC2)s1. The fraction of sp³-hybridized carbons (Fsp3) is 0.357. The number of benzene rings is 1. The van der Waals surface area contributed by atoms with Crippen LogP contribution >= 0.6 is 23.7 Å². The molecule has 120 valence electrons. The highest BCUT2D eigenvalue weighted by molar-refractivity contribution is 7.15. The van der Waals surface area contributed by atoms with E-state index in [4.69, 9.17) is 5.73 Å². The fourth-order valence-electron chi connectivity index (χ4n) is 2.50. The topological polar surface area (TPSA) is 45.4 Å². The number of hydrogen-bond acceptors (Lipinski definition) is 5. The number of aromatic nitrogens is 1. The summed E-state index contributed by atoms with van der Waals surface area (Å²) in [5.41, 5.74) is 5.96. The maximum atomic E-state index is 13.8. The molecule has 0 spiro atoms. The molecular formula is C14H17ClF2N4S. The van der Waals surface area contributed by atoms with E-state index in [1.165, 1.54) is 11.3 Å². The Balaban J connectivity index is 0.00000176. The number of rotatable bonds is 3. The normalized spacial score (nSPS) is 15.6. The van der Waals surface area contributed by atoms with Gasteiger partial charge >= 0.3 is 0 Å². The van der Waals surface area contributed by atoms with Crippen LogP contribution in [-0.4, -0.2) is 36.1 Å². The Morgan fingerprint density at radius 2 is 1.91 bits per heavy atom. The van der Waals surface area contributed by atoms with E-state index < -0.39 is 11.6 Å². The lowest BCUT2D eigenvalue weighted by Crippen LogP contribution is -2.46. The summed E-state index contributed by atoms with van der Waals surface area (Å²) in [5.74, 6) is -1.56. The highest BCUT2D eigenvalue weighted by Crippen LogP contribution is 2.23. The van der Waals surface area contributed by atoms with Gasteiger partial charge in [-0.3, -0.25) is 4.90 Å². The summed E-state index contributed by atoms with van der Waals surface area (Å²) in [7, 11) is 0. The standard InChI is InChI=1S/C14H16F2N4S.ClH/c15-11-2-1-3-12(13(11)16)20-6-4-19(5-7-20)9-10-8-18-14(17)21-10;/h1-3,8H,4-7,9H2,(H2,17,18);1H. The van der Waals surface area contributed by atoms with Crippen molar-refractivity contribution < 1.29 is 8.78 Å². The first-order valence-electron chi connectivity index (χ1n) is 6.75. The van der Waals surface area contributed by atoms with Crippen molar-refractivity contribution in [1.82, 2.24) is 9.88 Å². The van der Waals surface area contributed by atoms with Crippen LogP contribution in [0.25, 0.3) is 0 Å². The average Bonchev–Trinajstić information content (AvgIpc) is 2.88. The molecule has 1 fully saturated rings. The number of nitrogens with zero attached hydrogens (tertiary/aromatic N) is 3. The minimum atomic E-state index is -0.796. The molecule has 2 N–H and O–H groups in total. The van der Waals surface area contributed by atoms with Crippen molar-refractivity contribution in [3.63, 3.8) is 0 Å². The third kappa shape index (κ3) is 3.66. The molecule has 0 saturated carbocycles. The van der Waals surface area contributed by atoms with Gasteiger partial charge in [0.15, 0.2) is 16.8 Å². The van der Waals surface area contributed by atoms with Gasteiger partial charge < -0.3 is 10.6 Å². The average molecular weight is 347 g/mol. The van der Waals surface area contributed by atoms with E-state index in [1.807, 2.05) is 4.90 Å². The third-order valence-corrected chi connectivity index (χ3v) is 4.41. The van der Waals surface area contributed by atoms with Gasteiger partial charge in [0.2, 0.25) is 0 Å². The molecule has 1 aliphatic rings. The predicted molar refractivity (Wildman–Crippen MR) is 87.6 cm³/mol. The number of halogens is 3. The zero-order valence-corrected chi connectivity index (χ0v) is 13.5. The van der Waals surface area contributed by atoms with E-state index in [2.05, 4.69) is 9.88 Å². The van der Waals surface area contributed by atoms with Crippen LogP contribution in [0.5, 0.6) is 0 Å². The van der Waals surface area contributed by atoms with Crippen LogP contribution in [0, 0.1) is 11.6 Å². The van der Waals surface area contributed by atoms with Gasteiger partial charge in [-0.2, -0.15) is 0 Å². The Kier molecular flexibility index (Phi) is 5.55. The van der Waals surface area contributed by atoms with Crippen LogP contribution in [0.1, 0.15) is 4.88 Å². The highest BCUT2D eigenvalue weighted by Gasteiger charge is 2.21. The van der Waals surface area contributed by atoms with Crippen molar-refractivity contribution in [1.29, 1.82) is 0 Å². The van der Waals surface area contributed by atoms with Crippen LogP contribution in [0.15, 0.2) is 24.4 Å². The van der Waals surface area contributed by atoms with Gasteiger partial charge in [-0.05, 0) is 12.1 Å². The molecule has 0 unspecified atom stereocenters. The lowest BCUT2D eigenvalue weighted by Gasteiger charge is -2.35. The number of hydrogen-bond donors (Lipinski definition) is 1. The number of thiazole rings is 1. The van der Waals surface area contributed by atoms with Crippen molar-refractivity contribution in [2.45, 2.75) is 6.54 Å². The monoisotopic (exact) mass is 346 g/mol. The van der Waals surface area contributed by atoms with E-state index in [0.29, 0.717) is 23.9 Å². The van der Waals surface area contributed by atoms with Gasteiger partial charge in [-0.25, -0.2) is 13.8 Å². The molecule has 8 heteroatoms. The van der Waals surface area contributed by atoms with E-state index in [0.717, 1.165) is 30.6 Å². The Bertz CT molecular complexity index is 629. The van der Waals surface area contributed by atoms with Crippen molar-refractivity contribution >= 4 is 34.6 Å². The second kappa shape index (κ2) is 7.21. The summed E-state index contributed by atoms with van der Waals surface area (Å²) in [6.45, 7) is 3.75. The zero-order chi connectivity index (χ0) is 14.8. The van der Waals surface area contributed by atoms with Crippen LogP contribution in [0.4, 0.5) is 19.6 Å². The molecule has 0 radical (unpaired) electrons. The number of nitrogens with two attached hydrogens (primary N) is 1. The number of nitrogen functional groups attached to an aromatic ring is 1. The summed E-state index contributed by atoms with van der Waals surface area (Å²) >= 11 is 1.48. The van der Waals surface area contributed by atoms with Crippen LogP contribution in [0.2, 0.25) is 0 Å². The molecule has 1 aromatic heterocycles. The summed E-state index contributed by atoms with van der Waals surface area (Å²) in [4.78, 5) is 9.31. The van der Waals surface area contributed by atoms with Crippen molar-refractivity contribution in [2.75, 3.05) is 36.8 Å². The first-order chi connectivity index (χ1) is 10.1.